The summed E-state index contributed by atoms with van der Waals surface area (Å²) in [6.45, 7) is 0. The van der Waals surface area contributed by atoms with Gasteiger partial charge in [0.2, 0.25) is 5.13 Å². The fraction of sp³-hybridized carbons (Fsp3) is 0. The van der Waals surface area contributed by atoms with Gasteiger partial charge < -0.3 is 0 Å². The number of carbonyl (C=O) groups is 2. The zero-order chi connectivity index (χ0) is 20.4. The lowest BCUT2D eigenvalue weighted by atomic mass is 10.2. The smallest absolute Gasteiger partial charge is 0.267 e. The first-order valence-electron chi connectivity index (χ1n) is 8.53. The average molecular weight is 442 g/mol. The highest BCUT2D eigenvalue weighted by atomic mass is 35.5. The molecule has 8 heteroatoms. The van der Waals surface area contributed by atoms with E-state index in [1.807, 2.05) is 24.3 Å². The summed E-state index contributed by atoms with van der Waals surface area (Å²) in [7, 11) is 0. The van der Waals surface area contributed by atoms with E-state index in [9.17, 15) is 9.59 Å². The Morgan fingerprint density at radius 1 is 0.828 bits per heavy atom. The lowest BCUT2D eigenvalue weighted by molar-refractivity contribution is 0.0887. The minimum Gasteiger partial charge on any atom is -0.267 e. The molecule has 0 spiro atoms. The summed E-state index contributed by atoms with van der Waals surface area (Å²) >= 11 is 13.1. The van der Waals surface area contributed by atoms with E-state index in [1.54, 1.807) is 48.5 Å². The minimum atomic E-state index is -0.455. The number of para-hydroxylation sites is 1. The van der Waals surface area contributed by atoms with Crippen molar-refractivity contribution in [3.63, 3.8) is 0 Å². The topological polar surface area (TPSA) is 62.3 Å². The van der Waals surface area contributed by atoms with E-state index in [1.165, 1.54) is 11.3 Å². The third kappa shape index (κ3) is 4.24. The number of nitrogens with one attached hydrogen (secondary N) is 1. The normalized spacial score (nSPS) is 10.7. The number of hydrogen-bond donors (Lipinski definition) is 1. The number of amides is 2. The quantitative estimate of drug-likeness (QED) is 0.421. The molecule has 3 aromatic carbocycles. The number of thiazole rings is 1. The predicted molar refractivity (Wildman–Crippen MR) is 117 cm³/mol. The van der Waals surface area contributed by atoms with Gasteiger partial charge in [0.25, 0.3) is 11.8 Å². The highest BCUT2D eigenvalue weighted by Gasteiger charge is 2.24. The first kappa shape index (κ1) is 19.4. The highest BCUT2D eigenvalue weighted by molar-refractivity contribution is 7.22. The van der Waals surface area contributed by atoms with Crippen LogP contribution in [0.1, 0.15) is 20.7 Å². The van der Waals surface area contributed by atoms with Crippen LogP contribution in [0.5, 0.6) is 0 Å². The number of hydrogen-bond acceptors (Lipinski definition) is 4. The van der Waals surface area contributed by atoms with Crippen molar-refractivity contribution in [1.82, 2.24) is 10.4 Å². The van der Waals surface area contributed by atoms with Gasteiger partial charge in [0.05, 0.1) is 10.2 Å². The Balaban J connectivity index is 1.71. The lowest BCUT2D eigenvalue weighted by Gasteiger charge is -2.20. The molecule has 0 saturated carbocycles. The number of anilines is 1. The van der Waals surface area contributed by atoms with Crippen molar-refractivity contribution in [1.29, 1.82) is 0 Å². The molecule has 5 nitrogen and oxygen atoms in total. The number of benzene rings is 3. The van der Waals surface area contributed by atoms with Gasteiger partial charge in [0.1, 0.15) is 0 Å². The second kappa shape index (κ2) is 8.21. The van der Waals surface area contributed by atoms with E-state index < -0.39 is 11.8 Å². The van der Waals surface area contributed by atoms with Crippen molar-refractivity contribution < 1.29 is 9.59 Å². The Kier molecular flexibility index (Phi) is 5.49. The van der Waals surface area contributed by atoms with Crippen molar-refractivity contribution in [2.75, 3.05) is 5.01 Å². The average Bonchev–Trinajstić information content (AvgIpc) is 3.16. The Morgan fingerprint density at radius 3 is 2.03 bits per heavy atom. The van der Waals surface area contributed by atoms with E-state index in [2.05, 4.69) is 10.4 Å². The Hall–Kier alpha value is -2.93. The number of fused-ring (bicyclic) bond motifs is 1. The van der Waals surface area contributed by atoms with E-state index in [0.29, 0.717) is 26.3 Å². The van der Waals surface area contributed by atoms with Crippen molar-refractivity contribution in [3.8, 4) is 0 Å². The summed E-state index contributed by atoms with van der Waals surface area (Å²) in [5, 5.41) is 2.54. The maximum absolute atomic E-state index is 13.2. The van der Waals surface area contributed by atoms with Crippen molar-refractivity contribution in [2.45, 2.75) is 0 Å². The van der Waals surface area contributed by atoms with Crippen molar-refractivity contribution >= 4 is 61.7 Å². The molecule has 0 aliphatic rings. The van der Waals surface area contributed by atoms with Crippen LogP contribution in [0, 0.1) is 0 Å². The molecule has 1 heterocycles. The van der Waals surface area contributed by atoms with Crippen molar-refractivity contribution in [3.05, 3.63) is 94.0 Å². The molecule has 4 rings (SSSR count). The third-order valence-electron chi connectivity index (χ3n) is 4.09. The molecule has 0 unspecified atom stereocenters. The van der Waals surface area contributed by atoms with Gasteiger partial charge in [-0.05, 0) is 60.7 Å². The van der Waals surface area contributed by atoms with Crippen LogP contribution in [0.15, 0.2) is 72.8 Å². The third-order valence-corrected chi connectivity index (χ3v) is 5.61. The standard InChI is InChI=1S/C21H13Cl2N3O2S/c22-15-9-5-13(6-10-15)19(27)25-26(20(28)14-7-11-16(23)12-8-14)21-24-17-3-1-2-4-18(17)29-21/h1-12H,(H,25,27). The summed E-state index contributed by atoms with van der Waals surface area (Å²) in [4.78, 5) is 30.4. The van der Waals surface area contributed by atoms with Crippen LogP contribution in [0.2, 0.25) is 10.0 Å². The van der Waals surface area contributed by atoms with Gasteiger partial charge in [0.15, 0.2) is 0 Å². The molecule has 0 bridgehead atoms. The zero-order valence-corrected chi connectivity index (χ0v) is 17.1. The molecule has 0 fully saturated rings. The number of nitrogens with zero attached hydrogens (tertiary/aromatic N) is 2. The van der Waals surface area contributed by atoms with Crippen LogP contribution in [0.3, 0.4) is 0 Å². The molecular weight excluding hydrogens is 429 g/mol. The first-order chi connectivity index (χ1) is 14.0. The molecule has 0 saturated heterocycles. The number of halogens is 2. The van der Waals surface area contributed by atoms with Gasteiger partial charge in [-0.2, -0.15) is 5.01 Å². The van der Waals surface area contributed by atoms with Gasteiger partial charge in [-0.1, -0.05) is 46.7 Å². The molecule has 1 N–H and O–H groups in total. The van der Waals surface area contributed by atoms with E-state index in [-0.39, 0.29) is 0 Å². The number of carbonyl (C=O) groups excluding carboxylic acids is 2. The molecule has 1 aromatic heterocycles. The van der Waals surface area contributed by atoms with Crippen LogP contribution < -0.4 is 10.4 Å². The first-order valence-corrected chi connectivity index (χ1v) is 10.1. The number of hydrazine groups is 1. The van der Waals surface area contributed by atoms with Crippen LogP contribution in [0.4, 0.5) is 5.13 Å². The van der Waals surface area contributed by atoms with Crippen LogP contribution in [-0.4, -0.2) is 16.8 Å². The Labute approximate surface area is 180 Å². The Morgan fingerprint density at radius 2 is 1.41 bits per heavy atom. The van der Waals surface area contributed by atoms with Crippen LogP contribution >= 0.6 is 34.5 Å². The van der Waals surface area contributed by atoms with Crippen molar-refractivity contribution in [2.24, 2.45) is 0 Å². The molecule has 0 aliphatic heterocycles. The maximum Gasteiger partial charge on any atom is 0.279 e. The molecule has 144 valence electrons. The van der Waals surface area contributed by atoms with E-state index in [4.69, 9.17) is 23.2 Å². The van der Waals surface area contributed by atoms with Gasteiger partial charge in [-0.3, -0.25) is 15.0 Å². The fourth-order valence-electron chi connectivity index (χ4n) is 2.63. The minimum absolute atomic E-state index is 0.355. The molecule has 0 aliphatic carbocycles. The molecule has 0 radical (unpaired) electrons. The second-order valence-electron chi connectivity index (χ2n) is 6.06. The summed E-state index contributed by atoms with van der Waals surface area (Å²) in [6, 6.07) is 20.3. The molecule has 2 amide bonds. The summed E-state index contributed by atoms with van der Waals surface area (Å²) in [6.07, 6.45) is 0. The Bertz CT molecular complexity index is 1160. The molecule has 29 heavy (non-hydrogen) atoms. The fourth-order valence-corrected chi connectivity index (χ4v) is 3.81. The second-order valence-corrected chi connectivity index (χ2v) is 7.94. The SMILES string of the molecule is O=C(NN(C(=O)c1ccc(Cl)cc1)c1nc2ccccc2s1)c1ccc(Cl)cc1. The van der Waals surface area contributed by atoms with E-state index in [0.717, 1.165) is 15.2 Å². The van der Waals surface area contributed by atoms with Crippen LogP contribution in [-0.2, 0) is 0 Å². The maximum atomic E-state index is 13.2. The largest absolute Gasteiger partial charge is 0.279 e. The van der Waals surface area contributed by atoms with Gasteiger partial charge in [-0.15, -0.1) is 0 Å². The van der Waals surface area contributed by atoms with Gasteiger partial charge in [0, 0.05) is 21.2 Å². The summed E-state index contributed by atoms with van der Waals surface area (Å²) in [5.74, 6) is -0.883. The summed E-state index contributed by atoms with van der Waals surface area (Å²) < 4.78 is 0.900. The molecule has 0 atom stereocenters. The number of rotatable bonds is 3. The van der Waals surface area contributed by atoms with Gasteiger partial charge in [-0.25, -0.2) is 4.98 Å². The predicted octanol–water partition coefficient (Wildman–Crippen LogP) is 5.59. The summed E-state index contributed by atoms with van der Waals surface area (Å²) in [5.41, 5.74) is 4.13. The van der Waals surface area contributed by atoms with Crippen LogP contribution in [0.25, 0.3) is 10.2 Å². The number of aromatic nitrogens is 1. The molecular formula is C21H13Cl2N3O2S. The zero-order valence-electron chi connectivity index (χ0n) is 14.8. The lowest BCUT2D eigenvalue weighted by Crippen LogP contribution is -2.46. The highest BCUT2D eigenvalue weighted by Crippen LogP contribution is 2.29. The molecule has 4 aromatic rings. The van der Waals surface area contributed by atoms with E-state index >= 15 is 0 Å². The van der Waals surface area contributed by atoms with Gasteiger partial charge >= 0.3 is 0 Å². The monoisotopic (exact) mass is 441 g/mol.